The van der Waals surface area contributed by atoms with Gasteiger partial charge >= 0.3 is 5.97 Å². The average Bonchev–Trinajstić information content (AvgIpc) is 3.26. The number of hydrogen-bond donors (Lipinski definition) is 0. The number of hydrogen-bond acceptors (Lipinski definition) is 7. The van der Waals surface area contributed by atoms with Crippen LogP contribution in [0.5, 0.6) is 5.75 Å². The van der Waals surface area contributed by atoms with Crippen LogP contribution in [0.2, 0.25) is 5.02 Å². The summed E-state index contributed by atoms with van der Waals surface area (Å²) < 4.78 is 10.4. The van der Waals surface area contributed by atoms with Crippen LogP contribution in [0.25, 0.3) is 0 Å². The molecule has 0 bridgehead atoms. The number of benzene rings is 2. The highest BCUT2D eigenvalue weighted by molar-refractivity contribution is 6.47. The molecular weight excluding hydrogens is 410 g/mol. The quantitative estimate of drug-likeness (QED) is 0.538. The van der Waals surface area contributed by atoms with Crippen molar-refractivity contribution in [3.63, 3.8) is 0 Å². The van der Waals surface area contributed by atoms with Gasteiger partial charge in [0, 0.05) is 5.02 Å². The number of hydrazone groups is 1. The van der Waals surface area contributed by atoms with Crippen molar-refractivity contribution < 1.29 is 23.9 Å². The zero-order valence-corrected chi connectivity index (χ0v) is 17.0. The van der Waals surface area contributed by atoms with Gasteiger partial charge in [0.05, 0.1) is 25.1 Å². The van der Waals surface area contributed by atoms with Crippen molar-refractivity contribution >= 4 is 46.5 Å². The van der Waals surface area contributed by atoms with Crippen molar-refractivity contribution in [2.24, 2.45) is 11.0 Å². The number of fused-ring (bicyclic) bond motifs is 1. The van der Waals surface area contributed by atoms with Gasteiger partial charge in [-0.25, -0.2) is 9.69 Å². The highest BCUT2D eigenvalue weighted by Gasteiger charge is 2.59. The molecule has 2 aliphatic heterocycles. The topological polar surface area (TPSA) is 88.5 Å². The summed E-state index contributed by atoms with van der Waals surface area (Å²) in [5, 5.41) is 6.18. The molecule has 154 valence electrons. The molecule has 1 fully saturated rings. The van der Waals surface area contributed by atoms with E-state index in [1.54, 1.807) is 55.5 Å². The van der Waals surface area contributed by atoms with Gasteiger partial charge in [-0.1, -0.05) is 23.7 Å². The second-order valence-electron chi connectivity index (χ2n) is 6.63. The highest BCUT2D eigenvalue weighted by Crippen LogP contribution is 2.40. The summed E-state index contributed by atoms with van der Waals surface area (Å²) in [7, 11) is 1.45. The first-order valence-corrected chi connectivity index (χ1v) is 9.67. The van der Waals surface area contributed by atoms with Crippen LogP contribution < -0.4 is 14.6 Å². The number of imide groups is 1. The summed E-state index contributed by atoms with van der Waals surface area (Å²) in [6, 6.07) is 12.3. The van der Waals surface area contributed by atoms with Crippen LogP contribution in [0.3, 0.4) is 0 Å². The molecule has 0 aromatic heterocycles. The first kappa shape index (κ1) is 19.9. The summed E-state index contributed by atoms with van der Waals surface area (Å²) in [4.78, 5) is 40.3. The molecule has 0 spiro atoms. The molecule has 1 saturated heterocycles. The van der Waals surface area contributed by atoms with Gasteiger partial charge < -0.3 is 9.47 Å². The molecule has 2 aromatic rings. The van der Waals surface area contributed by atoms with Gasteiger partial charge in [-0.05, 0) is 43.3 Å². The number of amides is 2. The maximum atomic E-state index is 13.4. The number of carbonyl (C=O) groups excluding carboxylic acids is 3. The Hall–Kier alpha value is -3.39. The van der Waals surface area contributed by atoms with Crippen LogP contribution in [-0.2, 0) is 19.1 Å². The van der Waals surface area contributed by atoms with Crippen molar-refractivity contribution in [3.8, 4) is 5.75 Å². The number of carbonyl (C=O) groups is 3. The predicted molar refractivity (Wildman–Crippen MR) is 111 cm³/mol. The van der Waals surface area contributed by atoms with Gasteiger partial charge in [-0.2, -0.15) is 5.10 Å². The smallest absolute Gasteiger partial charge is 0.355 e. The molecule has 2 atom stereocenters. The fraction of sp³-hybridized carbons (Fsp3) is 0.238. The Kier molecular flexibility index (Phi) is 5.17. The molecule has 0 saturated carbocycles. The van der Waals surface area contributed by atoms with Crippen LogP contribution >= 0.6 is 11.6 Å². The zero-order chi connectivity index (χ0) is 21.4. The third kappa shape index (κ3) is 3.09. The molecule has 0 unspecified atom stereocenters. The minimum Gasteiger partial charge on any atom is -0.495 e. The van der Waals surface area contributed by atoms with Crippen LogP contribution in [0.15, 0.2) is 53.6 Å². The number of esters is 1. The van der Waals surface area contributed by atoms with Gasteiger partial charge in [0.15, 0.2) is 5.71 Å². The lowest BCUT2D eigenvalue weighted by atomic mass is 9.98. The summed E-state index contributed by atoms with van der Waals surface area (Å²) in [5.41, 5.74) is 0.730. The molecular formula is C21H18ClN3O5. The Morgan fingerprint density at radius 1 is 1.10 bits per heavy atom. The van der Waals surface area contributed by atoms with Crippen molar-refractivity contribution in [1.29, 1.82) is 0 Å². The Morgan fingerprint density at radius 2 is 1.80 bits per heavy atom. The van der Waals surface area contributed by atoms with Gasteiger partial charge in [0.25, 0.3) is 5.91 Å². The first-order valence-electron chi connectivity index (χ1n) is 9.29. The van der Waals surface area contributed by atoms with Crippen LogP contribution in [0.1, 0.15) is 6.92 Å². The van der Waals surface area contributed by atoms with Crippen molar-refractivity contribution in [1.82, 2.24) is 0 Å². The number of rotatable bonds is 5. The molecule has 2 heterocycles. The SMILES string of the molecule is CCOC(=O)C1=NN(c2ccc(Cl)cc2)[C@@H]2C(=O)N(c3ccccc3OC)C(=O)[C@@H]12. The van der Waals surface area contributed by atoms with E-state index < -0.39 is 29.7 Å². The Bertz CT molecular complexity index is 1050. The van der Waals surface area contributed by atoms with E-state index in [2.05, 4.69) is 5.10 Å². The minimum atomic E-state index is -1.09. The number of ether oxygens (including phenoxy) is 2. The third-order valence-corrected chi connectivity index (χ3v) is 5.20. The van der Waals surface area contributed by atoms with Crippen LogP contribution in [-0.4, -0.2) is 43.3 Å². The molecule has 2 aliphatic rings. The maximum absolute atomic E-state index is 13.4. The fourth-order valence-corrected chi connectivity index (χ4v) is 3.77. The molecule has 4 rings (SSSR count). The van der Waals surface area contributed by atoms with E-state index in [0.29, 0.717) is 22.1 Å². The van der Waals surface area contributed by atoms with Crippen LogP contribution in [0, 0.1) is 5.92 Å². The molecule has 0 radical (unpaired) electrons. The zero-order valence-electron chi connectivity index (χ0n) is 16.2. The third-order valence-electron chi connectivity index (χ3n) is 4.95. The molecule has 0 N–H and O–H groups in total. The summed E-state index contributed by atoms with van der Waals surface area (Å²) in [5.74, 6) is -2.51. The van der Waals surface area contributed by atoms with E-state index in [9.17, 15) is 14.4 Å². The molecule has 9 heteroatoms. The molecule has 30 heavy (non-hydrogen) atoms. The number of para-hydroxylation sites is 2. The normalized spacial score (nSPS) is 20.3. The van der Waals surface area contributed by atoms with Crippen molar-refractivity contribution in [2.75, 3.05) is 23.6 Å². The van der Waals surface area contributed by atoms with E-state index in [1.807, 2.05) is 0 Å². The van der Waals surface area contributed by atoms with Gasteiger partial charge in [-0.3, -0.25) is 14.6 Å². The van der Waals surface area contributed by atoms with Gasteiger partial charge in [0.1, 0.15) is 17.7 Å². The molecule has 0 aliphatic carbocycles. The van der Waals surface area contributed by atoms with Crippen molar-refractivity contribution in [3.05, 3.63) is 53.6 Å². The predicted octanol–water partition coefficient (Wildman–Crippen LogP) is 2.65. The number of methoxy groups -OCH3 is 1. The number of anilines is 2. The standard InChI is InChI=1S/C21H18ClN3O5/c1-3-30-21(28)17-16-18(25(23-17)13-10-8-12(22)9-11-13)20(27)24(19(16)26)14-6-4-5-7-15(14)29-2/h4-11,16,18H,3H2,1-2H3/t16-,18-/m0/s1. The summed E-state index contributed by atoms with van der Waals surface area (Å²) >= 11 is 5.97. The lowest BCUT2D eigenvalue weighted by molar-refractivity contribution is -0.136. The lowest BCUT2D eigenvalue weighted by Gasteiger charge is -2.22. The van der Waals surface area contributed by atoms with Gasteiger partial charge in [-0.15, -0.1) is 0 Å². The first-order chi connectivity index (χ1) is 14.5. The van der Waals surface area contributed by atoms with E-state index in [-0.39, 0.29) is 12.3 Å². The lowest BCUT2D eigenvalue weighted by Crippen LogP contribution is -2.39. The van der Waals surface area contributed by atoms with Crippen molar-refractivity contribution in [2.45, 2.75) is 13.0 Å². The Labute approximate surface area is 177 Å². The largest absolute Gasteiger partial charge is 0.495 e. The monoisotopic (exact) mass is 427 g/mol. The number of halogens is 1. The molecule has 8 nitrogen and oxygen atoms in total. The highest BCUT2D eigenvalue weighted by atomic mass is 35.5. The maximum Gasteiger partial charge on any atom is 0.355 e. The Balaban J connectivity index is 1.81. The van der Waals surface area contributed by atoms with E-state index >= 15 is 0 Å². The average molecular weight is 428 g/mol. The van der Waals surface area contributed by atoms with Crippen LogP contribution in [0.4, 0.5) is 11.4 Å². The summed E-state index contributed by atoms with van der Waals surface area (Å²) in [6.07, 6.45) is 0. The second kappa shape index (κ2) is 7.79. The van der Waals surface area contributed by atoms with E-state index in [4.69, 9.17) is 21.1 Å². The molecule has 2 amide bonds. The summed E-state index contributed by atoms with van der Waals surface area (Å²) in [6.45, 7) is 1.78. The van der Waals surface area contributed by atoms with E-state index in [0.717, 1.165) is 4.90 Å². The second-order valence-corrected chi connectivity index (χ2v) is 7.07. The fourth-order valence-electron chi connectivity index (χ4n) is 3.65. The number of nitrogens with zero attached hydrogens (tertiary/aromatic N) is 3. The van der Waals surface area contributed by atoms with Gasteiger partial charge in [0.2, 0.25) is 5.91 Å². The van der Waals surface area contributed by atoms with E-state index in [1.165, 1.54) is 12.1 Å². The Morgan fingerprint density at radius 3 is 2.47 bits per heavy atom. The molecule has 2 aromatic carbocycles. The minimum absolute atomic E-state index is 0.104.